The summed E-state index contributed by atoms with van der Waals surface area (Å²) in [5.74, 6) is -0.152. The number of rotatable bonds is 6. The summed E-state index contributed by atoms with van der Waals surface area (Å²) in [7, 11) is 0. The van der Waals surface area contributed by atoms with Crippen LogP contribution in [0.4, 0.5) is 20.4 Å². The quantitative estimate of drug-likeness (QED) is 0.322. The Morgan fingerprint density at radius 3 is 2.55 bits per heavy atom. The summed E-state index contributed by atoms with van der Waals surface area (Å²) >= 11 is 1.40. The summed E-state index contributed by atoms with van der Waals surface area (Å²) in [6, 6.07) is 7.79. The number of thiazole rings is 1. The standard InChI is InChI=1S/C32H42N6O5S/c1-20-18-38(31(41)43-32(3,4)5)14-13-37(20)19-28(39)36-29-34-25-12-11-22(16-27(25)44-29)23-15-26(21(2)33-17-23)35-30(40)42-24-9-7-6-8-10-24/h11-12,15-17,20,24H,6-10,13-14,18-19H2,1-5H3,(H,35,40)(H,34,36,39). The lowest BCUT2D eigenvalue weighted by molar-refractivity contribution is -0.118. The van der Waals surface area contributed by atoms with E-state index < -0.39 is 11.7 Å². The Labute approximate surface area is 262 Å². The van der Waals surface area contributed by atoms with Gasteiger partial charge in [-0.2, -0.15) is 0 Å². The van der Waals surface area contributed by atoms with Crippen molar-refractivity contribution in [2.24, 2.45) is 0 Å². The Bertz CT molecular complexity index is 1510. The third-order valence-electron chi connectivity index (χ3n) is 7.88. The number of benzene rings is 1. The molecule has 1 unspecified atom stereocenters. The number of amides is 3. The minimum Gasteiger partial charge on any atom is -0.446 e. The van der Waals surface area contributed by atoms with Crippen LogP contribution < -0.4 is 10.6 Å². The lowest BCUT2D eigenvalue weighted by Crippen LogP contribution is -2.55. The normalized spacial score (nSPS) is 18.2. The van der Waals surface area contributed by atoms with Crippen LogP contribution in [-0.2, 0) is 14.3 Å². The maximum Gasteiger partial charge on any atom is 0.411 e. The lowest BCUT2D eigenvalue weighted by atomic mass is 9.98. The van der Waals surface area contributed by atoms with Gasteiger partial charge in [0.05, 0.1) is 28.1 Å². The highest BCUT2D eigenvalue weighted by molar-refractivity contribution is 7.22. The number of ether oxygens (including phenoxy) is 2. The zero-order valence-electron chi connectivity index (χ0n) is 26.1. The molecule has 44 heavy (non-hydrogen) atoms. The summed E-state index contributed by atoms with van der Waals surface area (Å²) in [6.07, 6.45) is 6.18. The number of piperazine rings is 1. The maximum absolute atomic E-state index is 12.9. The van der Waals surface area contributed by atoms with E-state index in [0.717, 1.165) is 47.0 Å². The number of nitrogens with zero attached hydrogens (tertiary/aromatic N) is 4. The molecule has 3 aromatic rings. The molecule has 5 rings (SSSR count). The first-order valence-electron chi connectivity index (χ1n) is 15.3. The van der Waals surface area contributed by atoms with Crippen LogP contribution >= 0.6 is 11.3 Å². The smallest absolute Gasteiger partial charge is 0.411 e. The highest BCUT2D eigenvalue weighted by atomic mass is 32.1. The van der Waals surface area contributed by atoms with Crippen molar-refractivity contribution in [3.8, 4) is 11.1 Å². The summed E-state index contributed by atoms with van der Waals surface area (Å²) in [6.45, 7) is 11.2. The van der Waals surface area contributed by atoms with Gasteiger partial charge in [0.15, 0.2) is 5.13 Å². The number of fused-ring (bicyclic) bond motifs is 1. The van der Waals surface area contributed by atoms with Crippen molar-refractivity contribution in [2.45, 2.75) is 84.5 Å². The molecule has 1 aromatic carbocycles. The maximum atomic E-state index is 12.9. The molecule has 1 saturated heterocycles. The minimum atomic E-state index is -0.545. The molecular formula is C32H42N6O5S. The predicted octanol–water partition coefficient (Wildman–Crippen LogP) is 6.43. The van der Waals surface area contributed by atoms with E-state index in [1.807, 2.05) is 58.9 Å². The van der Waals surface area contributed by atoms with Crippen molar-refractivity contribution in [3.63, 3.8) is 0 Å². The van der Waals surface area contributed by atoms with E-state index in [4.69, 9.17) is 9.47 Å². The zero-order chi connectivity index (χ0) is 31.4. The Morgan fingerprint density at radius 2 is 1.82 bits per heavy atom. The molecule has 2 fully saturated rings. The molecule has 2 aliphatic rings. The van der Waals surface area contributed by atoms with E-state index in [-0.39, 0.29) is 30.7 Å². The molecule has 1 aliphatic heterocycles. The van der Waals surface area contributed by atoms with E-state index in [2.05, 4.69) is 25.5 Å². The highest BCUT2D eigenvalue weighted by Gasteiger charge is 2.30. The van der Waals surface area contributed by atoms with Gasteiger partial charge in [0, 0.05) is 37.4 Å². The van der Waals surface area contributed by atoms with Crippen LogP contribution in [-0.4, -0.2) is 81.8 Å². The van der Waals surface area contributed by atoms with Gasteiger partial charge >= 0.3 is 12.2 Å². The van der Waals surface area contributed by atoms with Gasteiger partial charge in [-0.3, -0.25) is 20.0 Å². The molecule has 236 valence electrons. The fraction of sp³-hybridized carbons (Fsp3) is 0.531. The molecule has 3 heterocycles. The molecule has 3 amide bonds. The average molecular weight is 623 g/mol. The lowest BCUT2D eigenvalue weighted by Gasteiger charge is -2.39. The molecule has 2 aromatic heterocycles. The number of aromatic nitrogens is 2. The molecule has 1 atom stereocenters. The molecule has 1 saturated carbocycles. The molecular weight excluding hydrogens is 580 g/mol. The van der Waals surface area contributed by atoms with Crippen molar-refractivity contribution in [1.29, 1.82) is 0 Å². The first kappa shape index (κ1) is 31.6. The summed E-state index contributed by atoms with van der Waals surface area (Å²) in [5.41, 5.74) is 3.33. The Kier molecular flexibility index (Phi) is 9.69. The van der Waals surface area contributed by atoms with E-state index >= 15 is 0 Å². The van der Waals surface area contributed by atoms with Crippen LogP contribution in [0.25, 0.3) is 21.3 Å². The van der Waals surface area contributed by atoms with Crippen molar-refractivity contribution in [1.82, 2.24) is 19.8 Å². The van der Waals surface area contributed by atoms with Crippen molar-refractivity contribution in [3.05, 3.63) is 36.2 Å². The third kappa shape index (κ3) is 8.23. The molecule has 12 heteroatoms. The van der Waals surface area contributed by atoms with Crippen LogP contribution in [0.1, 0.15) is 65.5 Å². The van der Waals surface area contributed by atoms with E-state index in [1.165, 1.54) is 17.8 Å². The van der Waals surface area contributed by atoms with Crippen molar-refractivity contribution in [2.75, 3.05) is 36.8 Å². The zero-order valence-corrected chi connectivity index (χ0v) is 27.0. The summed E-state index contributed by atoms with van der Waals surface area (Å²) < 4.78 is 12.0. The second-order valence-electron chi connectivity index (χ2n) is 12.6. The highest BCUT2D eigenvalue weighted by Crippen LogP contribution is 2.32. The molecule has 0 bridgehead atoms. The van der Waals surface area contributed by atoms with E-state index in [1.54, 1.807) is 11.1 Å². The molecule has 2 N–H and O–H groups in total. The molecule has 11 nitrogen and oxygen atoms in total. The monoisotopic (exact) mass is 622 g/mol. The van der Waals surface area contributed by atoms with Gasteiger partial charge in [0.25, 0.3) is 0 Å². The first-order chi connectivity index (χ1) is 20.9. The first-order valence-corrected chi connectivity index (χ1v) is 16.1. The minimum absolute atomic E-state index is 0.0107. The van der Waals surface area contributed by atoms with Gasteiger partial charge in [-0.1, -0.05) is 23.8 Å². The van der Waals surface area contributed by atoms with Crippen LogP contribution in [0, 0.1) is 6.92 Å². The number of nitrogens with one attached hydrogen (secondary N) is 2. The Hall–Kier alpha value is -3.77. The van der Waals surface area contributed by atoms with Gasteiger partial charge in [-0.25, -0.2) is 14.6 Å². The van der Waals surface area contributed by atoms with Gasteiger partial charge in [-0.15, -0.1) is 0 Å². The Balaban J connectivity index is 1.18. The number of carbonyl (C=O) groups excluding carboxylic acids is 3. The topological polar surface area (TPSA) is 126 Å². The second-order valence-corrected chi connectivity index (χ2v) is 13.7. The number of aryl methyl sites for hydroxylation is 1. The fourth-order valence-electron chi connectivity index (χ4n) is 5.51. The summed E-state index contributed by atoms with van der Waals surface area (Å²) in [5, 5.41) is 6.34. The number of anilines is 2. The molecule has 1 aliphatic carbocycles. The van der Waals surface area contributed by atoms with Crippen molar-refractivity contribution < 1.29 is 23.9 Å². The Morgan fingerprint density at radius 1 is 1.05 bits per heavy atom. The van der Waals surface area contributed by atoms with Crippen LogP contribution in [0.3, 0.4) is 0 Å². The third-order valence-corrected chi connectivity index (χ3v) is 8.81. The molecule has 0 radical (unpaired) electrons. The average Bonchev–Trinajstić information content (AvgIpc) is 3.36. The van der Waals surface area contributed by atoms with Gasteiger partial charge in [0.2, 0.25) is 5.91 Å². The van der Waals surface area contributed by atoms with Gasteiger partial charge < -0.3 is 19.7 Å². The number of pyridine rings is 1. The number of hydrogen-bond acceptors (Lipinski definition) is 9. The largest absolute Gasteiger partial charge is 0.446 e. The van der Waals surface area contributed by atoms with Crippen LogP contribution in [0.2, 0.25) is 0 Å². The van der Waals surface area contributed by atoms with Gasteiger partial charge in [0.1, 0.15) is 11.7 Å². The predicted molar refractivity (Wildman–Crippen MR) is 172 cm³/mol. The molecule has 0 spiro atoms. The van der Waals surface area contributed by atoms with Crippen LogP contribution in [0.15, 0.2) is 30.5 Å². The van der Waals surface area contributed by atoms with E-state index in [0.29, 0.717) is 36.1 Å². The summed E-state index contributed by atoms with van der Waals surface area (Å²) in [4.78, 5) is 50.8. The van der Waals surface area contributed by atoms with Crippen LogP contribution in [0.5, 0.6) is 0 Å². The second kappa shape index (κ2) is 13.5. The van der Waals surface area contributed by atoms with Crippen molar-refractivity contribution >= 4 is 50.5 Å². The van der Waals surface area contributed by atoms with Gasteiger partial charge in [-0.05, 0) is 84.1 Å². The van der Waals surface area contributed by atoms with E-state index in [9.17, 15) is 14.4 Å². The number of carbonyl (C=O) groups is 3. The number of hydrogen-bond donors (Lipinski definition) is 2. The fourth-order valence-corrected chi connectivity index (χ4v) is 6.44. The SMILES string of the molecule is Cc1ncc(-c2ccc3nc(NC(=O)CN4CCN(C(=O)OC(C)(C)C)CC4C)sc3c2)cc1NC(=O)OC1CCCCC1.